The summed E-state index contributed by atoms with van der Waals surface area (Å²) in [5.74, 6) is -0.667. The van der Waals surface area contributed by atoms with Crippen LogP contribution in [0.4, 0.5) is 8.78 Å². The van der Waals surface area contributed by atoms with Gasteiger partial charge in [-0.2, -0.15) is 0 Å². The number of halogens is 2. The first-order valence-corrected chi connectivity index (χ1v) is 6.92. The molecule has 0 saturated heterocycles. The summed E-state index contributed by atoms with van der Waals surface area (Å²) < 4.78 is 31.3. The second kappa shape index (κ2) is 7.54. The van der Waals surface area contributed by atoms with Crippen LogP contribution in [-0.4, -0.2) is 19.6 Å². The number of carbonyl (C=O) groups excluding carboxylic acids is 1. The van der Waals surface area contributed by atoms with Crippen molar-refractivity contribution in [1.29, 1.82) is 0 Å². The maximum absolute atomic E-state index is 13.4. The fraction of sp³-hybridized carbons (Fsp3) is 0.235. The zero-order chi connectivity index (χ0) is 15.9. The van der Waals surface area contributed by atoms with Gasteiger partial charge in [0.2, 0.25) is 5.91 Å². The molecule has 5 heteroatoms. The Morgan fingerprint density at radius 3 is 2.73 bits per heavy atom. The lowest BCUT2D eigenvalue weighted by molar-refractivity contribution is -0.120. The van der Waals surface area contributed by atoms with Gasteiger partial charge >= 0.3 is 0 Å². The number of benzene rings is 2. The van der Waals surface area contributed by atoms with E-state index >= 15 is 0 Å². The van der Waals surface area contributed by atoms with Gasteiger partial charge in [-0.3, -0.25) is 4.79 Å². The van der Waals surface area contributed by atoms with Gasteiger partial charge in [0.1, 0.15) is 17.4 Å². The van der Waals surface area contributed by atoms with E-state index in [-0.39, 0.29) is 12.3 Å². The Kier molecular flexibility index (Phi) is 5.47. The van der Waals surface area contributed by atoms with Crippen molar-refractivity contribution in [3.8, 4) is 5.75 Å². The van der Waals surface area contributed by atoms with Gasteiger partial charge in [0.25, 0.3) is 0 Å². The van der Waals surface area contributed by atoms with Gasteiger partial charge in [-0.25, -0.2) is 8.78 Å². The van der Waals surface area contributed by atoms with Crippen LogP contribution in [0.5, 0.6) is 5.75 Å². The van der Waals surface area contributed by atoms with Gasteiger partial charge in [-0.15, -0.1) is 0 Å². The SMILES string of the molecule is COc1cccc(CC(=O)NCCc2ccc(F)cc2F)c1. The molecule has 0 aliphatic rings. The van der Waals surface area contributed by atoms with Gasteiger partial charge < -0.3 is 10.1 Å². The van der Waals surface area contributed by atoms with Crippen LogP contribution in [0.2, 0.25) is 0 Å². The maximum Gasteiger partial charge on any atom is 0.224 e. The van der Waals surface area contributed by atoms with Crippen LogP contribution in [0.25, 0.3) is 0 Å². The molecular formula is C17H17F2NO2. The third-order valence-corrected chi connectivity index (χ3v) is 3.23. The summed E-state index contributed by atoms with van der Waals surface area (Å²) in [6.07, 6.45) is 0.541. The molecule has 0 aromatic heterocycles. The topological polar surface area (TPSA) is 38.3 Å². The van der Waals surface area contributed by atoms with Crippen molar-refractivity contribution < 1.29 is 18.3 Å². The molecule has 0 unspecified atom stereocenters. The highest BCUT2D eigenvalue weighted by atomic mass is 19.1. The van der Waals surface area contributed by atoms with Crippen LogP contribution in [0.1, 0.15) is 11.1 Å². The number of hydrogen-bond donors (Lipinski definition) is 1. The zero-order valence-electron chi connectivity index (χ0n) is 12.2. The highest BCUT2D eigenvalue weighted by Crippen LogP contribution is 2.13. The summed E-state index contributed by atoms with van der Waals surface area (Å²) in [6, 6.07) is 10.7. The first-order chi connectivity index (χ1) is 10.6. The quantitative estimate of drug-likeness (QED) is 0.891. The van der Waals surface area contributed by atoms with Crippen molar-refractivity contribution in [2.45, 2.75) is 12.8 Å². The molecule has 1 amide bonds. The average molecular weight is 305 g/mol. The van der Waals surface area contributed by atoms with Crippen molar-refractivity contribution >= 4 is 5.91 Å². The summed E-state index contributed by atoms with van der Waals surface area (Å²) in [5, 5.41) is 2.72. The minimum atomic E-state index is -0.608. The predicted octanol–water partition coefficient (Wildman–Crippen LogP) is 2.87. The van der Waals surface area contributed by atoms with Crippen molar-refractivity contribution in [3.05, 3.63) is 65.2 Å². The largest absolute Gasteiger partial charge is 0.497 e. The van der Waals surface area contributed by atoms with E-state index in [4.69, 9.17) is 4.74 Å². The number of rotatable bonds is 6. The van der Waals surface area contributed by atoms with Crippen LogP contribution >= 0.6 is 0 Å². The molecule has 116 valence electrons. The molecule has 3 nitrogen and oxygen atoms in total. The van der Waals surface area contributed by atoms with E-state index in [0.717, 1.165) is 11.6 Å². The first kappa shape index (κ1) is 15.9. The van der Waals surface area contributed by atoms with E-state index < -0.39 is 11.6 Å². The van der Waals surface area contributed by atoms with E-state index in [1.807, 2.05) is 12.1 Å². The molecule has 0 aliphatic heterocycles. The lowest BCUT2D eigenvalue weighted by atomic mass is 10.1. The number of nitrogens with one attached hydrogen (secondary N) is 1. The van der Waals surface area contributed by atoms with E-state index in [1.165, 1.54) is 12.1 Å². The predicted molar refractivity (Wildman–Crippen MR) is 79.8 cm³/mol. The third kappa shape index (κ3) is 4.55. The van der Waals surface area contributed by atoms with Crippen LogP contribution in [0.3, 0.4) is 0 Å². The first-order valence-electron chi connectivity index (χ1n) is 6.92. The number of methoxy groups -OCH3 is 1. The minimum absolute atomic E-state index is 0.157. The Morgan fingerprint density at radius 2 is 2.00 bits per heavy atom. The molecule has 0 atom stereocenters. The summed E-state index contributed by atoms with van der Waals surface area (Å²) in [4.78, 5) is 11.8. The molecule has 2 aromatic carbocycles. The molecule has 1 N–H and O–H groups in total. The Balaban J connectivity index is 1.82. The van der Waals surface area contributed by atoms with Crippen LogP contribution in [0, 0.1) is 11.6 Å². The van der Waals surface area contributed by atoms with Gasteiger partial charge in [-0.05, 0) is 35.7 Å². The number of carbonyl (C=O) groups is 1. The van der Waals surface area contributed by atoms with Crippen molar-refractivity contribution in [2.75, 3.05) is 13.7 Å². The monoisotopic (exact) mass is 305 g/mol. The van der Waals surface area contributed by atoms with Gasteiger partial charge in [0.15, 0.2) is 0 Å². The second-order valence-electron chi connectivity index (χ2n) is 4.86. The van der Waals surface area contributed by atoms with E-state index in [9.17, 15) is 13.6 Å². The molecule has 0 bridgehead atoms. The molecule has 22 heavy (non-hydrogen) atoms. The van der Waals surface area contributed by atoms with Crippen LogP contribution in [0.15, 0.2) is 42.5 Å². The second-order valence-corrected chi connectivity index (χ2v) is 4.86. The smallest absolute Gasteiger partial charge is 0.224 e. The number of hydrogen-bond acceptors (Lipinski definition) is 2. The minimum Gasteiger partial charge on any atom is -0.497 e. The lowest BCUT2D eigenvalue weighted by Crippen LogP contribution is -2.27. The average Bonchev–Trinajstić information content (AvgIpc) is 2.49. The molecule has 0 aliphatic carbocycles. The molecule has 0 radical (unpaired) electrons. The summed E-state index contributed by atoms with van der Waals surface area (Å²) in [6.45, 7) is 0.297. The van der Waals surface area contributed by atoms with Gasteiger partial charge in [0.05, 0.1) is 13.5 Å². The summed E-state index contributed by atoms with van der Waals surface area (Å²) in [7, 11) is 1.57. The van der Waals surface area contributed by atoms with E-state index in [2.05, 4.69) is 5.32 Å². The number of amides is 1. The zero-order valence-corrected chi connectivity index (χ0v) is 12.2. The lowest BCUT2D eigenvalue weighted by Gasteiger charge is -2.07. The van der Waals surface area contributed by atoms with Crippen molar-refractivity contribution in [3.63, 3.8) is 0 Å². The Labute approximate surface area is 127 Å². The fourth-order valence-corrected chi connectivity index (χ4v) is 2.09. The Morgan fingerprint density at radius 1 is 1.18 bits per heavy atom. The third-order valence-electron chi connectivity index (χ3n) is 3.23. The van der Waals surface area contributed by atoms with Crippen molar-refractivity contribution in [2.24, 2.45) is 0 Å². The van der Waals surface area contributed by atoms with Crippen molar-refractivity contribution in [1.82, 2.24) is 5.32 Å². The normalized spacial score (nSPS) is 10.3. The van der Waals surface area contributed by atoms with Gasteiger partial charge in [0, 0.05) is 12.6 Å². The number of ether oxygens (including phenoxy) is 1. The molecule has 0 fully saturated rings. The van der Waals surface area contributed by atoms with E-state index in [1.54, 1.807) is 19.2 Å². The summed E-state index contributed by atoms with van der Waals surface area (Å²) >= 11 is 0. The fourth-order valence-electron chi connectivity index (χ4n) is 2.09. The molecule has 2 aromatic rings. The van der Waals surface area contributed by atoms with E-state index in [0.29, 0.717) is 24.3 Å². The molecular weight excluding hydrogens is 288 g/mol. The molecule has 0 spiro atoms. The molecule has 0 saturated carbocycles. The van der Waals surface area contributed by atoms with Gasteiger partial charge in [-0.1, -0.05) is 18.2 Å². The highest BCUT2D eigenvalue weighted by molar-refractivity contribution is 5.78. The Bertz CT molecular complexity index is 659. The Hall–Kier alpha value is -2.43. The standard InChI is InChI=1S/C17H17F2NO2/c1-22-15-4-2-3-12(9-15)10-17(21)20-8-7-13-5-6-14(18)11-16(13)19/h2-6,9,11H,7-8,10H2,1H3,(H,20,21). The van der Waals surface area contributed by atoms with Crippen LogP contribution in [-0.2, 0) is 17.6 Å². The highest BCUT2D eigenvalue weighted by Gasteiger charge is 2.06. The molecule has 2 rings (SSSR count). The maximum atomic E-state index is 13.4. The summed E-state index contributed by atoms with van der Waals surface area (Å²) in [5.41, 5.74) is 1.22. The van der Waals surface area contributed by atoms with Crippen LogP contribution < -0.4 is 10.1 Å². The molecule has 0 heterocycles.